The van der Waals surface area contributed by atoms with E-state index in [1.807, 2.05) is 6.07 Å². The SMILES string of the molecule is O=C(N[C@H]1CC[C@H](CCN2CCN(c3cccc4c3OCO4)CC2)CC1)C1CCCO1. The first kappa shape index (κ1) is 20.9. The van der Waals surface area contributed by atoms with Gasteiger partial charge in [0.05, 0.1) is 5.69 Å². The number of hydrogen-bond acceptors (Lipinski definition) is 6. The monoisotopic (exact) mass is 429 g/mol. The smallest absolute Gasteiger partial charge is 0.249 e. The van der Waals surface area contributed by atoms with Gasteiger partial charge >= 0.3 is 0 Å². The molecule has 1 aromatic carbocycles. The van der Waals surface area contributed by atoms with Gasteiger partial charge in [0.2, 0.25) is 12.7 Å². The van der Waals surface area contributed by atoms with E-state index >= 15 is 0 Å². The summed E-state index contributed by atoms with van der Waals surface area (Å²) in [4.78, 5) is 17.3. The number of piperazine rings is 1. The minimum Gasteiger partial charge on any atom is -0.454 e. The van der Waals surface area contributed by atoms with Crippen molar-refractivity contribution < 1.29 is 19.0 Å². The first-order valence-electron chi connectivity index (χ1n) is 12.0. The fourth-order valence-corrected chi connectivity index (χ4v) is 5.42. The van der Waals surface area contributed by atoms with Gasteiger partial charge in [-0.05, 0) is 69.5 Å². The maximum Gasteiger partial charge on any atom is 0.249 e. The molecular formula is C24H35N3O4. The van der Waals surface area contributed by atoms with Gasteiger partial charge in [0, 0.05) is 38.8 Å². The van der Waals surface area contributed by atoms with Crippen molar-refractivity contribution in [3.05, 3.63) is 18.2 Å². The summed E-state index contributed by atoms with van der Waals surface area (Å²) >= 11 is 0. The van der Waals surface area contributed by atoms with E-state index in [0.717, 1.165) is 81.6 Å². The van der Waals surface area contributed by atoms with E-state index in [1.165, 1.54) is 25.8 Å². The van der Waals surface area contributed by atoms with E-state index < -0.39 is 0 Å². The van der Waals surface area contributed by atoms with Crippen molar-refractivity contribution in [2.24, 2.45) is 5.92 Å². The van der Waals surface area contributed by atoms with Crippen molar-refractivity contribution in [3.8, 4) is 11.5 Å². The lowest BCUT2D eigenvalue weighted by Crippen LogP contribution is -2.47. The van der Waals surface area contributed by atoms with Crippen LogP contribution in [0, 0.1) is 5.92 Å². The Hall–Kier alpha value is -1.99. The van der Waals surface area contributed by atoms with Gasteiger partial charge in [-0.1, -0.05) is 6.07 Å². The van der Waals surface area contributed by atoms with Crippen LogP contribution in [0.5, 0.6) is 11.5 Å². The lowest BCUT2D eigenvalue weighted by atomic mass is 9.84. The molecule has 1 unspecified atom stereocenters. The number of anilines is 1. The number of benzene rings is 1. The fraction of sp³-hybridized carbons (Fsp3) is 0.708. The largest absolute Gasteiger partial charge is 0.454 e. The Bertz CT molecular complexity index is 751. The standard InChI is InChI=1S/C24H35N3O4/c28-24(22-5-2-16-29-22)25-19-8-6-18(7-9-19)10-11-26-12-14-27(15-13-26)20-3-1-4-21-23(20)31-17-30-21/h1,3-4,18-19,22H,2,5-17H2,(H,25,28)/t18-,19-,22?. The quantitative estimate of drug-likeness (QED) is 0.750. The van der Waals surface area contributed by atoms with Gasteiger partial charge in [-0.3, -0.25) is 9.69 Å². The molecule has 3 fully saturated rings. The Labute approximate surface area is 185 Å². The van der Waals surface area contributed by atoms with Crippen LogP contribution in [0.3, 0.4) is 0 Å². The second kappa shape index (κ2) is 9.65. The van der Waals surface area contributed by atoms with Gasteiger partial charge in [-0.25, -0.2) is 0 Å². The lowest BCUT2D eigenvalue weighted by molar-refractivity contribution is -0.131. The Kier molecular flexibility index (Phi) is 6.50. The number of nitrogens with one attached hydrogen (secondary N) is 1. The normalized spacial score (nSPS) is 28.6. The van der Waals surface area contributed by atoms with Crippen LogP contribution in [0.4, 0.5) is 5.69 Å². The van der Waals surface area contributed by atoms with Crippen LogP contribution in [0.1, 0.15) is 44.9 Å². The summed E-state index contributed by atoms with van der Waals surface area (Å²) in [6.45, 7) is 6.48. The number of ether oxygens (including phenoxy) is 3. The molecule has 0 radical (unpaired) electrons. The van der Waals surface area contributed by atoms with Crippen molar-refractivity contribution in [2.45, 2.75) is 57.1 Å². The average Bonchev–Trinajstić information content (AvgIpc) is 3.51. The van der Waals surface area contributed by atoms with Gasteiger partial charge in [0.15, 0.2) is 11.5 Å². The zero-order valence-corrected chi connectivity index (χ0v) is 18.4. The number of amides is 1. The average molecular weight is 430 g/mol. The van der Waals surface area contributed by atoms with Crippen LogP contribution in [0.2, 0.25) is 0 Å². The van der Waals surface area contributed by atoms with Crippen LogP contribution >= 0.6 is 0 Å². The van der Waals surface area contributed by atoms with Gasteiger partial charge in [-0.2, -0.15) is 0 Å². The molecule has 3 heterocycles. The molecule has 3 aliphatic heterocycles. The highest BCUT2D eigenvalue weighted by Gasteiger charge is 2.29. The molecule has 1 aromatic rings. The van der Waals surface area contributed by atoms with E-state index in [1.54, 1.807) is 0 Å². The van der Waals surface area contributed by atoms with Crippen LogP contribution in [-0.4, -0.2) is 69.1 Å². The highest BCUT2D eigenvalue weighted by Crippen LogP contribution is 2.41. The third-order valence-electron chi connectivity index (χ3n) is 7.36. The molecule has 4 aliphatic rings. The zero-order chi connectivity index (χ0) is 21.0. The number of para-hydroxylation sites is 1. The number of fused-ring (bicyclic) bond motifs is 1. The highest BCUT2D eigenvalue weighted by atomic mass is 16.7. The van der Waals surface area contributed by atoms with E-state index in [9.17, 15) is 4.79 Å². The molecule has 5 rings (SSSR count). The first-order chi connectivity index (χ1) is 15.3. The molecule has 1 aliphatic carbocycles. The van der Waals surface area contributed by atoms with E-state index in [-0.39, 0.29) is 12.0 Å². The molecular weight excluding hydrogens is 394 g/mol. The molecule has 7 nitrogen and oxygen atoms in total. The minimum atomic E-state index is -0.201. The van der Waals surface area contributed by atoms with Crippen LogP contribution in [-0.2, 0) is 9.53 Å². The van der Waals surface area contributed by atoms with Crippen LogP contribution in [0.15, 0.2) is 18.2 Å². The van der Waals surface area contributed by atoms with Crippen LogP contribution < -0.4 is 19.7 Å². The maximum absolute atomic E-state index is 12.3. The summed E-state index contributed by atoms with van der Waals surface area (Å²) in [6.07, 6.45) is 7.62. The van der Waals surface area contributed by atoms with Crippen molar-refractivity contribution in [2.75, 3.05) is 51.0 Å². The predicted octanol–water partition coefficient (Wildman–Crippen LogP) is 2.78. The van der Waals surface area contributed by atoms with Crippen molar-refractivity contribution >= 4 is 11.6 Å². The second-order valence-electron chi connectivity index (χ2n) is 9.36. The summed E-state index contributed by atoms with van der Waals surface area (Å²) in [6, 6.07) is 6.51. The van der Waals surface area contributed by atoms with E-state index in [4.69, 9.17) is 14.2 Å². The Morgan fingerprint density at radius 2 is 1.87 bits per heavy atom. The molecule has 7 heteroatoms. The number of hydrogen-bond donors (Lipinski definition) is 1. The van der Waals surface area contributed by atoms with Gasteiger partial charge < -0.3 is 24.4 Å². The van der Waals surface area contributed by atoms with Crippen molar-refractivity contribution in [1.82, 2.24) is 10.2 Å². The Morgan fingerprint density at radius 3 is 2.65 bits per heavy atom. The Morgan fingerprint density at radius 1 is 1.03 bits per heavy atom. The molecule has 1 atom stereocenters. The maximum atomic E-state index is 12.3. The topological polar surface area (TPSA) is 63.3 Å². The van der Waals surface area contributed by atoms with Crippen LogP contribution in [0.25, 0.3) is 0 Å². The molecule has 0 aromatic heterocycles. The molecule has 2 saturated heterocycles. The fourth-order valence-electron chi connectivity index (χ4n) is 5.42. The number of carbonyl (C=O) groups excluding carboxylic acids is 1. The summed E-state index contributed by atoms with van der Waals surface area (Å²) in [5.74, 6) is 2.67. The molecule has 1 saturated carbocycles. The van der Waals surface area contributed by atoms with E-state index in [2.05, 4.69) is 27.2 Å². The summed E-state index contributed by atoms with van der Waals surface area (Å²) in [5.41, 5.74) is 1.16. The Balaban J connectivity index is 1.01. The first-order valence-corrected chi connectivity index (χ1v) is 12.0. The molecule has 31 heavy (non-hydrogen) atoms. The van der Waals surface area contributed by atoms with Gasteiger partial charge in [-0.15, -0.1) is 0 Å². The number of rotatable bonds is 6. The molecule has 170 valence electrons. The molecule has 1 amide bonds. The number of carbonyl (C=O) groups is 1. The second-order valence-corrected chi connectivity index (χ2v) is 9.36. The third-order valence-corrected chi connectivity index (χ3v) is 7.36. The van der Waals surface area contributed by atoms with Gasteiger partial charge in [0.1, 0.15) is 6.10 Å². The number of nitrogens with zero attached hydrogens (tertiary/aromatic N) is 2. The van der Waals surface area contributed by atoms with Crippen molar-refractivity contribution in [1.29, 1.82) is 0 Å². The van der Waals surface area contributed by atoms with Crippen molar-refractivity contribution in [3.63, 3.8) is 0 Å². The summed E-state index contributed by atoms with van der Waals surface area (Å²) in [5, 5.41) is 3.23. The van der Waals surface area contributed by atoms with E-state index in [0.29, 0.717) is 12.8 Å². The molecule has 1 N–H and O–H groups in total. The zero-order valence-electron chi connectivity index (χ0n) is 18.4. The third kappa shape index (κ3) is 4.93. The van der Waals surface area contributed by atoms with Gasteiger partial charge in [0.25, 0.3) is 0 Å². The molecule has 0 spiro atoms. The minimum absolute atomic E-state index is 0.111. The predicted molar refractivity (Wildman–Crippen MR) is 119 cm³/mol. The lowest BCUT2D eigenvalue weighted by Gasteiger charge is -2.37. The molecule has 0 bridgehead atoms. The summed E-state index contributed by atoms with van der Waals surface area (Å²) in [7, 11) is 0. The summed E-state index contributed by atoms with van der Waals surface area (Å²) < 4.78 is 16.7. The highest BCUT2D eigenvalue weighted by molar-refractivity contribution is 5.81.